The highest BCUT2D eigenvalue weighted by Gasteiger charge is 2.55. The monoisotopic (exact) mass is 230 g/mol. The van der Waals surface area contributed by atoms with E-state index in [1.54, 1.807) is 0 Å². The van der Waals surface area contributed by atoms with Crippen molar-refractivity contribution in [1.29, 1.82) is 0 Å². The molecule has 0 spiro atoms. The van der Waals surface area contributed by atoms with Gasteiger partial charge in [-0.25, -0.2) is 0 Å². The molecule has 2 saturated heterocycles. The molecule has 0 aromatic heterocycles. The van der Waals surface area contributed by atoms with Gasteiger partial charge in [-0.15, -0.1) is 0 Å². The van der Waals surface area contributed by atoms with Gasteiger partial charge in [0.15, 0.2) is 0 Å². The van der Waals surface area contributed by atoms with Crippen LogP contribution in [0.3, 0.4) is 0 Å². The SMILES string of the molecule is CC1(C)CC(C2(O)CCSC2)C(C)(C)O1. The highest BCUT2D eigenvalue weighted by molar-refractivity contribution is 7.99. The molecule has 2 aliphatic rings. The van der Waals surface area contributed by atoms with Gasteiger partial charge in [-0.2, -0.15) is 11.8 Å². The molecule has 2 unspecified atom stereocenters. The average molecular weight is 230 g/mol. The van der Waals surface area contributed by atoms with E-state index in [1.807, 2.05) is 11.8 Å². The van der Waals surface area contributed by atoms with Crippen LogP contribution < -0.4 is 0 Å². The Hall–Kier alpha value is 0.270. The minimum Gasteiger partial charge on any atom is -0.389 e. The van der Waals surface area contributed by atoms with Crippen LogP contribution >= 0.6 is 11.8 Å². The molecule has 0 aromatic rings. The first-order valence-electron chi connectivity index (χ1n) is 5.76. The van der Waals surface area contributed by atoms with Gasteiger partial charge in [0.05, 0.1) is 16.8 Å². The third-order valence-electron chi connectivity index (χ3n) is 3.75. The Morgan fingerprint density at radius 2 is 1.93 bits per heavy atom. The molecular formula is C12H22O2S. The van der Waals surface area contributed by atoms with Crippen molar-refractivity contribution in [3.05, 3.63) is 0 Å². The maximum Gasteiger partial charge on any atom is 0.0801 e. The Labute approximate surface area is 96.8 Å². The lowest BCUT2D eigenvalue weighted by Crippen LogP contribution is -2.46. The Morgan fingerprint density at radius 3 is 2.33 bits per heavy atom. The van der Waals surface area contributed by atoms with Crippen LogP contribution in [-0.2, 0) is 4.74 Å². The summed E-state index contributed by atoms with van der Waals surface area (Å²) in [5.74, 6) is 2.24. The molecule has 0 radical (unpaired) electrons. The number of thioether (sulfide) groups is 1. The molecule has 2 fully saturated rings. The zero-order valence-corrected chi connectivity index (χ0v) is 11.0. The second-order valence-electron chi connectivity index (χ2n) is 6.13. The van der Waals surface area contributed by atoms with Crippen LogP contribution in [0.4, 0.5) is 0 Å². The van der Waals surface area contributed by atoms with Crippen LogP contribution in [0.2, 0.25) is 0 Å². The fourth-order valence-electron chi connectivity index (χ4n) is 3.24. The third-order valence-corrected chi connectivity index (χ3v) is 4.95. The van der Waals surface area contributed by atoms with Crippen LogP contribution in [0, 0.1) is 5.92 Å². The van der Waals surface area contributed by atoms with Crippen molar-refractivity contribution in [2.24, 2.45) is 5.92 Å². The lowest BCUT2D eigenvalue weighted by Gasteiger charge is -2.36. The average Bonchev–Trinajstić information content (AvgIpc) is 2.54. The number of aliphatic hydroxyl groups is 1. The zero-order valence-electron chi connectivity index (χ0n) is 10.2. The summed E-state index contributed by atoms with van der Waals surface area (Å²) in [4.78, 5) is 0. The van der Waals surface area contributed by atoms with Crippen LogP contribution in [0.25, 0.3) is 0 Å². The van der Waals surface area contributed by atoms with Crippen LogP contribution in [0.15, 0.2) is 0 Å². The van der Waals surface area contributed by atoms with E-state index >= 15 is 0 Å². The predicted molar refractivity (Wildman–Crippen MR) is 64.2 cm³/mol. The minimum atomic E-state index is -0.498. The second kappa shape index (κ2) is 3.38. The van der Waals surface area contributed by atoms with Gasteiger partial charge in [-0.1, -0.05) is 0 Å². The maximum absolute atomic E-state index is 10.7. The van der Waals surface area contributed by atoms with E-state index in [0.717, 1.165) is 24.3 Å². The largest absolute Gasteiger partial charge is 0.389 e. The molecule has 0 aliphatic carbocycles. The van der Waals surface area contributed by atoms with Gasteiger partial charge in [-0.3, -0.25) is 0 Å². The first kappa shape index (κ1) is 11.7. The van der Waals surface area contributed by atoms with Crippen molar-refractivity contribution in [3.8, 4) is 0 Å². The van der Waals surface area contributed by atoms with E-state index in [9.17, 15) is 5.11 Å². The molecule has 3 heteroatoms. The summed E-state index contributed by atoms with van der Waals surface area (Å²) in [5.41, 5.74) is -0.776. The van der Waals surface area contributed by atoms with E-state index < -0.39 is 5.60 Å². The molecule has 0 saturated carbocycles. The minimum absolute atomic E-state index is 0.0862. The highest BCUT2D eigenvalue weighted by atomic mass is 32.2. The van der Waals surface area contributed by atoms with Crippen molar-refractivity contribution >= 4 is 11.8 Å². The molecule has 2 atom stereocenters. The van der Waals surface area contributed by atoms with Gasteiger partial charge in [0, 0.05) is 11.7 Å². The van der Waals surface area contributed by atoms with E-state index in [0.29, 0.717) is 0 Å². The van der Waals surface area contributed by atoms with Crippen molar-refractivity contribution in [1.82, 2.24) is 0 Å². The lowest BCUT2D eigenvalue weighted by molar-refractivity contribution is -0.106. The molecule has 1 N–H and O–H groups in total. The Bertz CT molecular complexity index is 254. The molecule has 0 amide bonds. The standard InChI is InChI=1S/C12H22O2S/c1-10(2)7-9(11(3,4)14-10)12(13)5-6-15-8-12/h9,13H,5-8H2,1-4H3. The topological polar surface area (TPSA) is 29.5 Å². The highest BCUT2D eigenvalue weighted by Crippen LogP contribution is 2.50. The summed E-state index contributed by atoms with van der Waals surface area (Å²) in [5, 5.41) is 10.7. The van der Waals surface area contributed by atoms with Gasteiger partial charge in [0.1, 0.15) is 0 Å². The molecule has 15 heavy (non-hydrogen) atoms. The number of hydrogen-bond donors (Lipinski definition) is 1. The van der Waals surface area contributed by atoms with Gasteiger partial charge in [-0.05, 0) is 46.3 Å². The van der Waals surface area contributed by atoms with Gasteiger partial charge < -0.3 is 9.84 Å². The van der Waals surface area contributed by atoms with Crippen molar-refractivity contribution < 1.29 is 9.84 Å². The quantitative estimate of drug-likeness (QED) is 0.750. The first-order chi connectivity index (χ1) is 6.75. The first-order valence-corrected chi connectivity index (χ1v) is 6.91. The molecule has 2 aliphatic heterocycles. The summed E-state index contributed by atoms with van der Waals surface area (Å²) >= 11 is 1.86. The van der Waals surface area contributed by atoms with E-state index in [1.165, 1.54) is 0 Å². The number of rotatable bonds is 1. The summed E-state index contributed by atoms with van der Waals surface area (Å²) in [6.45, 7) is 8.49. The van der Waals surface area contributed by atoms with Gasteiger partial charge in [0.25, 0.3) is 0 Å². The fraction of sp³-hybridized carbons (Fsp3) is 1.00. The Balaban J connectivity index is 2.22. The number of hydrogen-bond acceptors (Lipinski definition) is 3. The molecule has 2 heterocycles. The summed E-state index contributed by atoms with van der Waals surface area (Å²) < 4.78 is 6.06. The van der Waals surface area contributed by atoms with E-state index in [-0.39, 0.29) is 17.1 Å². The number of ether oxygens (including phenoxy) is 1. The van der Waals surface area contributed by atoms with Crippen LogP contribution in [0.5, 0.6) is 0 Å². The molecular weight excluding hydrogens is 208 g/mol. The molecule has 0 aromatic carbocycles. The summed E-state index contributed by atoms with van der Waals surface area (Å²) in [7, 11) is 0. The summed E-state index contributed by atoms with van der Waals surface area (Å²) in [6, 6.07) is 0. The normalized spacial score (nSPS) is 43.4. The Kier molecular flexibility index (Phi) is 2.65. The third kappa shape index (κ3) is 2.06. The summed E-state index contributed by atoms with van der Waals surface area (Å²) in [6.07, 6.45) is 1.89. The molecule has 2 nitrogen and oxygen atoms in total. The van der Waals surface area contributed by atoms with Gasteiger partial charge >= 0.3 is 0 Å². The van der Waals surface area contributed by atoms with Crippen molar-refractivity contribution in [2.75, 3.05) is 11.5 Å². The smallest absolute Gasteiger partial charge is 0.0801 e. The molecule has 2 rings (SSSR count). The van der Waals surface area contributed by atoms with E-state index in [4.69, 9.17) is 4.74 Å². The maximum atomic E-state index is 10.7. The second-order valence-corrected chi connectivity index (χ2v) is 7.23. The predicted octanol–water partition coefficient (Wildman–Crippen LogP) is 2.45. The zero-order chi connectivity index (χ0) is 11.3. The van der Waals surface area contributed by atoms with Crippen LogP contribution in [-0.4, -0.2) is 33.4 Å². The molecule has 88 valence electrons. The fourth-order valence-corrected chi connectivity index (χ4v) is 4.59. The Morgan fingerprint density at radius 1 is 1.27 bits per heavy atom. The van der Waals surface area contributed by atoms with Crippen molar-refractivity contribution in [3.63, 3.8) is 0 Å². The van der Waals surface area contributed by atoms with Crippen molar-refractivity contribution in [2.45, 2.75) is 57.3 Å². The lowest BCUT2D eigenvalue weighted by atomic mass is 9.74. The molecule has 0 bridgehead atoms. The van der Waals surface area contributed by atoms with Crippen LogP contribution in [0.1, 0.15) is 40.5 Å². The van der Waals surface area contributed by atoms with Gasteiger partial charge in [0.2, 0.25) is 0 Å². The van der Waals surface area contributed by atoms with E-state index in [2.05, 4.69) is 27.7 Å².